The maximum Gasteiger partial charge on any atom is 0.306 e. The van der Waals surface area contributed by atoms with E-state index < -0.39 is 43.3 Å². The molecule has 0 saturated carbocycles. The molecule has 0 radical (unpaired) electrons. The van der Waals surface area contributed by atoms with Crippen LogP contribution in [0.5, 0.6) is 5.75 Å². The van der Waals surface area contributed by atoms with Gasteiger partial charge in [-0.3, -0.25) is 4.79 Å². The summed E-state index contributed by atoms with van der Waals surface area (Å²) in [5.41, 5.74) is 0.491. The maximum atomic E-state index is 12.6. The van der Waals surface area contributed by atoms with E-state index >= 15 is 0 Å². The quantitative estimate of drug-likeness (QED) is 0.122. The molecular weight excluding hydrogens is 500 g/mol. The fourth-order valence-corrected chi connectivity index (χ4v) is 5.00. The molecule has 0 amide bonds. The fourth-order valence-electron chi connectivity index (χ4n) is 5.00. The molecule has 1 saturated heterocycles. The summed E-state index contributed by atoms with van der Waals surface area (Å²) in [6.45, 7) is 1.43. The summed E-state index contributed by atoms with van der Waals surface area (Å²) in [4.78, 5) is 12.6. The zero-order valence-electron chi connectivity index (χ0n) is 23.8. The van der Waals surface area contributed by atoms with Crippen LogP contribution in [-0.4, -0.2) is 63.7 Å². The molecular formula is C31H52O8. The van der Waals surface area contributed by atoms with Crippen LogP contribution in [0, 0.1) is 0 Å². The van der Waals surface area contributed by atoms with E-state index in [-0.39, 0.29) is 13.0 Å². The lowest BCUT2D eigenvalue weighted by Crippen LogP contribution is -2.61. The topological polar surface area (TPSA) is 126 Å². The van der Waals surface area contributed by atoms with Crippen molar-refractivity contribution in [2.24, 2.45) is 0 Å². The van der Waals surface area contributed by atoms with Crippen LogP contribution in [0.15, 0.2) is 24.3 Å². The van der Waals surface area contributed by atoms with Crippen LogP contribution < -0.4 is 4.74 Å². The van der Waals surface area contributed by atoms with Crippen molar-refractivity contribution in [1.29, 1.82) is 0 Å². The van der Waals surface area contributed by atoms with Crippen molar-refractivity contribution in [3.8, 4) is 5.75 Å². The van der Waals surface area contributed by atoms with E-state index in [1.807, 2.05) is 0 Å². The second-order valence-electron chi connectivity index (χ2n) is 10.7. The molecule has 0 aliphatic carbocycles. The Morgan fingerprint density at radius 2 is 1.33 bits per heavy atom. The van der Waals surface area contributed by atoms with Crippen molar-refractivity contribution < 1.29 is 39.4 Å². The highest BCUT2D eigenvalue weighted by atomic mass is 16.7. The number of hydrogen-bond donors (Lipinski definition) is 4. The highest BCUT2D eigenvalue weighted by molar-refractivity contribution is 5.69. The van der Waals surface area contributed by atoms with Gasteiger partial charge in [0.25, 0.3) is 0 Å². The highest BCUT2D eigenvalue weighted by Crippen LogP contribution is 2.28. The summed E-state index contributed by atoms with van der Waals surface area (Å²) in [7, 11) is 0. The number of unbranched alkanes of at least 4 members (excludes halogenated alkanes) is 14. The van der Waals surface area contributed by atoms with Crippen LogP contribution in [0.25, 0.3) is 0 Å². The molecule has 0 bridgehead atoms. The Kier molecular flexibility index (Phi) is 17.4. The van der Waals surface area contributed by atoms with Gasteiger partial charge in [0.15, 0.2) is 6.10 Å². The molecule has 1 aliphatic heterocycles. The van der Waals surface area contributed by atoms with Gasteiger partial charge < -0.3 is 34.6 Å². The smallest absolute Gasteiger partial charge is 0.306 e. The van der Waals surface area contributed by atoms with Gasteiger partial charge in [-0.1, -0.05) is 115 Å². The summed E-state index contributed by atoms with van der Waals surface area (Å²) in [5, 5.41) is 40.0. The van der Waals surface area contributed by atoms with Gasteiger partial charge in [0.1, 0.15) is 24.1 Å². The number of esters is 1. The number of hydrogen-bond acceptors (Lipinski definition) is 8. The van der Waals surface area contributed by atoms with Gasteiger partial charge in [0.05, 0.1) is 13.2 Å². The van der Waals surface area contributed by atoms with Crippen LogP contribution in [0.4, 0.5) is 0 Å². The van der Waals surface area contributed by atoms with Gasteiger partial charge in [-0.25, -0.2) is 0 Å². The number of aliphatic hydroxyl groups is 4. The van der Waals surface area contributed by atoms with Crippen LogP contribution in [-0.2, 0) is 20.9 Å². The molecule has 1 fully saturated rings. The lowest BCUT2D eigenvalue weighted by Gasteiger charge is -2.41. The van der Waals surface area contributed by atoms with Crippen LogP contribution in [0.2, 0.25) is 0 Å². The van der Waals surface area contributed by atoms with E-state index in [4.69, 9.17) is 14.2 Å². The lowest BCUT2D eigenvalue weighted by atomic mass is 9.99. The SMILES string of the molecule is CCCCCCCCCCCCCCCCCC(=O)O[C@H]1[C@H](Oc2ccccc2CO)O[C@H](CO)[C@@H](O)[C@@H]1O. The minimum Gasteiger partial charge on any atom is -0.460 e. The molecule has 8 nitrogen and oxygen atoms in total. The Bertz CT molecular complexity index is 773. The number of benzene rings is 1. The molecule has 2 rings (SSSR count). The summed E-state index contributed by atoms with van der Waals surface area (Å²) >= 11 is 0. The molecule has 0 aromatic heterocycles. The van der Waals surface area contributed by atoms with Gasteiger partial charge in [-0.15, -0.1) is 0 Å². The molecule has 224 valence electrons. The van der Waals surface area contributed by atoms with Crippen molar-refractivity contribution in [2.45, 2.75) is 147 Å². The molecule has 1 aliphatic rings. The van der Waals surface area contributed by atoms with Crippen molar-refractivity contribution in [3.63, 3.8) is 0 Å². The number of para-hydroxylation sites is 1. The van der Waals surface area contributed by atoms with Gasteiger partial charge in [0.2, 0.25) is 6.29 Å². The van der Waals surface area contributed by atoms with Crippen molar-refractivity contribution in [3.05, 3.63) is 29.8 Å². The van der Waals surface area contributed by atoms with E-state index in [0.29, 0.717) is 17.7 Å². The van der Waals surface area contributed by atoms with Gasteiger partial charge in [-0.2, -0.15) is 0 Å². The summed E-state index contributed by atoms with van der Waals surface area (Å²) in [6, 6.07) is 6.74. The largest absolute Gasteiger partial charge is 0.460 e. The number of carbonyl (C=O) groups excluding carboxylic acids is 1. The highest BCUT2D eigenvalue weighted by Gasteiger charge is 2.48. The zero-order valence-corrected chi connectivity index (χ0v) is 23.8. The average Bonchev–Trinajstić information content (AvgIpc) is 2.95. The minimum absolute atomic E-state index is 0.195. The second-order valence-corrected chi connectivity index (χ2v) is 10.7. The molecule has 5 atom stereocenters. The first-order valence-electron chi connectivity index (χ1n) is 15.2. The molecule has 8 heteroatoms. The monoisotopic (exact) mass is 552 g/mol. The van der Waals surface area contributed by atoms with Gasteiger partial charge in [0, 0.05) is 12.0 Å². The van der Waals surface area contributed by atoms with E-state index in [9.17, 15) is 25.2 Å². The Balaban J connectivity index is 1.65. The zero-order chi connectivity index (χ0) is 28.3. The van der Waals surface area contributed by atoms with Gasteiger partial charge in [-0.05, 0) is 12.5 Å². The Morgan fingerprint density at radius 1 is 0.795 bits per heavy atom. The second kappa shape index (κ2) is 20.2. The molecule has 1 aromatic carbocycles. The molecule has 0 unspecified atom stereocenters. The summed E-state index contributed by atoms with van der Waals surface area (Å²) < 4.78 is 17.0. The van der Waals surface area contributed by atoms with Crippen molar-refractivity contribution in [2.75, 3.05) is 6.61 Å². The Morgan fingerprint density at radius 3 is 1.87 bits per heavy atom. The van der Waals surface area contributed by atoms with Crippen molar-refractivity contribution in [1.82, 2.24) is 0 Å². The fraction of sp³-hybridized carbons (Fsp3) is 0.774. The Hall–Kier alpha value is -1.71. The molecule has 39 heavy (non-hydrogen) atoms. The molecule has 1 aromatic rings. The normalized spacial score (nSPS) is 23.1. The first-order chi connectivity index (χ1) is 19.0. The molecule has 4 N–H and O–H groups in total. The van der Waals surface area contributed by atoms with Crippen molar-refractivity contribution >= 4 is 5.97 Å². The maximum absolute atomic E-state index is 12.6. The first-order valence-corrected chi connectivity index (χ1v) is 15.2. The Labute approximate surface area is 234 Å². The van der Waals surface area contributed by atoms with Crippen LogP contribution in [0.3, 0.4) is 0 Å². The summed E-state index contributed by atoms with van der Waals surface area (Å²) in [6.07, 6.45) is 12.2. The standard InChI is InChI=1S/C31H52O8/c1-2-3-4-5-6-7-8-9-10-11-12-13-14-15-16-21-27(34)39-30-29(36)28(35)26(23-33)38-31(30)37-25-20-18-17-19-24(25)22-32/h17-20,26,28-33,35-36H,2-16,21-23H2,1H3/t26-,28-,29+,30-,31-/m1/s1. The van der Waals surface area contributed by atoms with E-state index in [0.717, 1.165) is 19.3 Å². The summed E-state index contributed by atoms with van der Waals surface area (Å²) in [5.74, 6) is -0.204. The van der Waals surface area contributed by atoms with E-state index in [1.54, 1.807) is 24.3 Å². The van der Waals surface area contributed by atoms with Gasteiger partial charge >= 0.3 is 5.97 Å². The molecule has 1 heterocycles. The third kappa shape index (κ3) is 12.6. The number of carbonyl (C=O) groups is 1. The number of rotatable bonds is 21. The van der Waals surface area contributed by atoms with Crippen LogP contribution in [0.1, 0.15) is 115 Å². The third-order valence-corrected chi connectivity index (χ3v) is 7.46. The number of ether oxygens (including phenoxy) is 3. The first kappa shape index (κ1) is 33.5. The average molecular weight is 553 g/mol. The minimum atomic E-state index is -1.49. The van der Waals surface area contributed by atoms with E-state index in [2.05, 4.69) is 6.92 Å². The van der Waals surface area contributed by atoms with E-state index in [1.165, 1.54) is 70.6 Å². The van der Waals surface area contributed by atoms with Crippen LogP contribution >= 0.6 is 0 Å². The predicted molar refractivity (Wildman–Crippen MR) is 150 cm³/mol. The third-order valence-electron chi connectivity index (χ3n) is 7.46. The lowest BCUT2D eigenvalue weighted by molar-refractivity contribution is -0.282. The predicted octanol–water partition coefficient (Wildman–Crippen LogP) is 5.17. The molecule has 0 spiro atoms. The number of aliphatic hydroxyl groups excluding tert-OH is 4.